The van der Waals surface area contributed by atoms with Crippen molar-refractivity contribution >= 4 is 13.5 Å². The molecule has 2 rings (SSSR count). The van der Waals surface area contributed by atoms with E-state index in [1.807, 2.05) is 0 Å². The van der Waals surface area contributed by atoms with Crippen LogP contribution in [-0.4, -0.2) is 31.7 Å². The van der Waals surface area contributed by atoms with Crippen molar-refractivity contribution < 1.29 is 14.1 Å². The minimum absolute atomic E-state index is 0.156. The highest BCUT2D eigenvalue weighted by Gasteiger charge is 2.55. The van der Waals surface area contributed by atoms with Gasteiger partial charge in [0.05, 0.1) is 18.1 Å². The van der Waals surface area contributed by atoms with Crippen LogP contribution in [0, 0.1) is 11.3 Å². The fourth-order valence-corrected chi connectivity index (χ4v) is 3.14. The number of carbonyl (C=O) groups excluding carboxylic acids is 1. The Hall–Kier alpha value is -0.545. The van der Waals surface area contributed by atoms with Crippen LogP contribution in [0.4, 0.5) is 0 Å². The molecule has 0 aromatic heterocycles. The lowest BCUT2D eigenvalue weighted by Gasteiger charge is -2.47. The van der Waals surface area contributed by atoms with Gasteiger partial charge in [0.1, 0.15) is 0 Å². The summed E-state index contributed by atoms with van der Waals surface area (Å²) in [4.78, 5) is 10.3. The van der Waals surface area contributed by atoms with Gasteiger partial charge >= 0.3 is 7.12 Å². The van der Waals surface area contributed by atoms with Crippen LogP contribution in [-0.2, 0) is 14.1 Å². The third-order valence-electron chi connectivity index (χ3n) is 4.47. The molecule has 4 nitrogen and oxygen atoms in total. The zero-order valence-electron chi connectivity index (χ0n) is 11.2. The van der Waals surface area contributed by atoms with Gasteiger partial charge in [0, 0.05) is 0 Å². The minimum atomic E-state index is -0.295. The molecule has 3 atom stereocenters. The normalized spacial score (nSPS) is 39.9. The lowest BCUT2D eigenvalue weighted by molar-refractivity contribution is -0.109. The van der Waals surface area contributed by atoms with Crippen LogP contribution in [0.2, 0.25) is 0 Å². The molecule has 5 heteroatoms. The summed E-state index contributed by atoms with van der Waals surface area (Å²) in [6.45, 7) is 8.99. The van der Waals surface area contributed by atoms with E-state index in [0.29, 0.717) is 18.8 Å². The van der Waals surface area contributed by atoms with Crippen LogP contribution in [0.5, 0.6) is 0 Å². The molecule has 0 aromatic rings. The zero-order chi connectivity index (χ0) is 12.7. The number of carbonyl (C=O) groups is 1. The molecule has 0 aromatic carbocycles. The molecule has 0 bridgehead atoms. The highest BCUT2D eigenvalue weighted by molar-refractivity contribution is 6.45. The molecular formula is C12H22BNO3. The molecule has 1 saturated carbocycles. The predicted molar refractivity (Wildman–Crippen MR) is 66.4 cm³/mol. The Kier molecular flexibility index (Phi) is 3.25. The van der Waals surface area contributed by atoms with E-state index < -0.39 is 0 Å². The number of nitrogens with one attached hydrogen (secondary N) is 1. The number of fused-ring (bicyclic) bond motifs is 1. The van der Waals surface area contributed by atoms with Gasteiger partial charge in [0.25, 0.3) is 0 Å². The third kappa shape index (κ3) is 2.36. The molecule has 1 saturated heterocycles. The summed E-state index contributed by atoms with van der Waals surface area (Å²) >= 11 is 0. The van der Waals surface area contributed by atoms with Crippen molar-refractivity contribution in [2.45, 2.75) is 52.2 Å². The van der Waals surface area contributed by atoms with E-state index in [9.17, 15) is 4.79 Å². The monoisotopic (exact) mass is 239 g/mol. The van der Waals surface area contributed by atoms with Crippen molar-refractivity contribution in [3.05, 3.63) is 0 Å². The van der Waals surface area contributed by atoms with Crippen molar-refractivity contribution in [1.29, 1.82) is 0 Å². The highest BCUT2D eigenvalue weighted by atomic mass is 16.7. The molecular weight excluding hydrogens is 217 g/mol. The maximum Gasteiger partial charge on any atom is 0.478 e. The maximum absolute atomic E-state index is 10.3. The van der Waals surface area contributed by atoms with Gasteiger partial charge in [-0.25, -0.2) is 0 Å². The summed E-state index contributed by atoms with van der Waals surface area (Å²) in [5, 5.41) is 2.62. The number of hydrogen-bond acceptors (Lipinski definition) is 3. The Labute approximate surface area is 104 Å². The Balaban J connectivity index is 2.05. The second kappa shape index (κ2) is 4.28. The van der Waals surface area contributed by atoms with Gasteiger partial charge in [-0.1, -0.05) is 20.8 Å². The average Bonchev–Trinajstić information content (AvgIpc) is 2.51. The van der Waals surface area contributed by atoms with Crippen molar-refractivity contribution in [3.8, 4) is 0 Å². The first-order chi connectivity index (χ1) is 7.87. The predicted octanol–water partition coefficient (Wildman–Crippen LogP) is 1.39. The molecule has 2 fully saturated rings. The fraction of sp³-hybridized carbons (Fsp3) is 0.917. The van der Waals surface area contributed by atoms with E-state index in [-0.39, 0.29) is 24.2 Å². The topological polar surface area (TPSA) is 47.6 Å². The lowest BCUT2D eigenvalue weighted by atomic mass is 9.63. The molecule has 0 unspecified atom stereocenters. The Bertz CT molecular complexity index is 310. The van der Waals surface area contributed by atoms with Gasteiger partial charge in [-0.3, -0.25) is 4.79 Å². The van der Waals surface area contributed by atoms with E-state index in [1.54, 1.807) is 0 Å². The van der Waals surface area contributed by atoms with Gasteiger partial charge in [-0.05, 0) is 31.1 Å². The molecule has 96 valence electrons. The average molecular weight is 239 g/mol. The first-order valence-electron chi connectivity index (χ1n) is 6.38. The smallest absolute Gasteiger partial charge is 0.404 e. The molecule has 1 aliphatic heterocycles. The summed E-state index contributed by atoms with van der Waals surface area (Å²) in [6.07, 6.45) is 3.31. The molecule has 2 aliphatic rings. The summed E-state index contributed by atoms with van der Waals surface area (Å²) in [5.74, 6) is 0.627. The van der Waals surface area contributed by atoms with Gasteiger partial charge in [0.2, 0.25) is 6.41 Å². The summed E-state index contributed by atoms with van der Waals surface area (Å²) in [6, 6.07) is 0. The second-order valence-electron chi connectivity index (χ2n) is 6.31. The Morgan fingerprint density at radius 1 is 1.47 bits per heavy atom. The highest BCUT2D eigenvalue weighted by Crippen LogP contribution is 2.50. The van der Waals surface area contributed by atoms with E-state index in [1.165, 1.54) is 0 Å². The fourth-order valence-electron chi connectivity index (χ4n) is 3.14. The standard InChI is InChI=1S/C12H22BNO3/c1-9-5-10-12(4,6-11(9,2)3)17-13(16-10)7-14-8-15/h8-10H,5-7H2,1-4H3,(H,14,15)/t9-,10+,12-/m0/s1. The second-order valence-corrected chi connectivity index (χ2v) is 6.31. The molecule has 1 heterocycles. The van der Waals surface area contributed by atoms with E-state index in [0.717, 1.165) is 12.8 Å². The molecule has 1 N–H and O–H groups in total. The van der Waals surface area contributed by atoms with Crippen LogP contribution in [0.1, 0.15) is 40.5 Å². The summed E-state index contributed by atoms with van der Waals surface area (Å²) in [7, 11) is -0.295. The van der Waals surface area contributed by atoms with Crippen molar-refractivity contribution in [1.82, 2.24) is 5.32 Å². The van der Waals surface area contributed by atoms with E-state index >= 15 is 0 Å². The molecule has 0 spiro atoms. The summed E-state index contributed by atoms with van der Waals surface area (Å²) < 4.78 is 11.9. The third-order valence-corrected chi connectivity index (χ3v) is 4.47. The zero-order valence-corrected chi connectivity index (χ0v) is 11.2. The molecule has 1 aliphatic carbocycles. The van der Waals surface area contributed by atoms with Gasteiger partial charge in [0.15, 0.2) is 0 Å². The number of amides is 1. The molecule has 17 heavy (non-hydrogen) atoms. The molecule has 0 radical (unpaired) electrons. The van der Waals surface area contributed by atoms with Crippen LogP contribution in [0.25, 0.3) is 0 Å². The largest absolute Gasteiger partial charge is 0.478 e. The van der Waals surface area contributed by atoms with Crippen LogP contribution in [0.3, 0.4) is 0 Å². The van der Waals surface area contributed by atoms with Gasteiger partial charge in [-0.15, -0.1) is 0 Å². The van der Waals surface area contributed by atoms with Crippen LogP contribution >= 0.6 is 0 Å². The Morgan fingerprint density at radius 2 is 2.18 bits per heavy atom. The quantitative estimate of drug-likeness (QED) is 0.598. The van der Waals surface area contributed by atoms with Crippen LogP contribution < -0.4 is 5.32 Å². The van der Waals surface area contributed by atoms with Crippen molar-refractivity contribution in [3.63, 3.8) is 0 Å². The van der Waals surface area contributed by atoms with Crippen molar-refractivity contribution in [2.75, 3.05) is 6.44 Å². The summed E-state index contributed by atoms with van der Waals surface area (Å²) in [5.41, 5.74) is 0.0762. The number of hydrogen-bond donors (Lipinski definition) is 1. The number of rotatable bonds is 3. The van der Waals surface area contributed by atoms with Gasteiger partial charge < -0.3 is 14.6 Å². The first-order valence-corrected chi connectivity index (χ1v) is 6.38. The van der Waals surface area contributed by atoms with Crippen molar-refractivity contribution in [2.24, 2.45) is 11.3 Å². The van der Waals surface area contributed by atoms with E-state index in [2.05, 4.69) is 33.0 Å². The van der Waals surface area contributed by atoms with E-state index in [4.69, 9.17) is 9.31 Å². The Morgan fingerprint density at radius 3 is 2.82 bits per heavy atom. The molecule has 1 amide bonds. The maximum atomic E-state index is 10.3. The van der Waals surface area contributed by atoms with Crippen LogP contribution in [0.15, 0.2) is 0 Å². The first kappa shape index (κ1) is 12.9. The lowest BCUT2D eigenvalue weighted by Crippen LogP contribution is -2.49. The minimum Gasteiger partial charge on any atom is -0.404 e. The van der Waals surface area contributed by atoms with Gasteiger partial charge in [-0.2, -0.15) is 0 Å². The SMILES string of the molecule is C[C@H]1C[C@H]2OB(CNC=O)O[C@@]2(C)CC1(C)C.